The number of hydrogen-bond donors (Lipinski definition) is 1. The van der Waals surface area contributed by atoms with Crippen LogP contribution in [0.2, 0.25) is 0 Å². The van der Waals surface area contributed by atoms with E-state index in [0.29, 0.717) is 37.8 Å². The summed E-state index contributed by atoms with van der Waals surface area (Å²) in [5.74, 6) is -0.134. The maximum Gasteiger partial charge on any atom is 0.335 e. The van der Waals surface area contributed by atoms with E-state index in [1.54, 1.807) is 0 Å². The second-order valence-corrected chi connectivity index (χ2v) is 11.2. The number of sulfonamides is 1. The van der Waals surface area contributed by atoms with Gasteiger partial charge in [-0.05, 0) is 49.8 Å². The molecule has 1 saturated heterocycles. The molecule has 0 radical (unpaired) electrons. The molecule has 0 aromatic heterocycles. The maximum atomic E-state index is 16.4. The Morgan fingerprint density at radius 3 is 2.18 bits per heavy atom. The van der Waals surface area contributed by atoms with Gasteiger partial charge in [-0.25, -0.2) is 17.6 Å². The second kappa shape index (κ2) is 11.7. The van der Waals surface area contributed by atoms with Gasteiger partial charge in [-0.1, -0.05) is 30.3 Å². The molecule has 2 aliphatic rings. The number of piperazine rings is 1. The standard InChI is InChI=1S/C28H33FN2O6S/c1-3-36-24-18-28(29,19-25(37-4-2)26(24)21-8-6-5-7-9-21)20-30-14-16-31(17-15-30)38(34,35)23-12-10-22(11-13-23)27(32)33/h5-13,18H,3-4,14-17,19-20H2,1-2H3,(H,32,33). The van der Waals surface area contributed by atoms with Crippen molar-refractivity contribution in [2.45, 2.75) is 30.8 Å². The number of carboxylic acid groups (broad SMARTS) is 1. The van der Waals surface area contributed by atoms with Crippen LogP contribution in [-0.2, 0) is 19.5 Å². The molecule has 2 aromatic carbocycles. The molecule has 1 aliphatic heterocycles. The quantitative estimate of drug-likeness (QED) is 0.480. The van der Waals surface area contributed by atoms with E-state index in [9.17, 15) is 13.2 Å². The number of benzene rings is 2. The normalized spacial score (nSPS) is 21.2. The predicted octanol–water partition coefficient (Wildman–Crippen LogP) is 4.17. The largest absolute Gasteiger partial charge is 0.497 e. The highest BCUT2D eigenvalue weighted by molar-refractivity contribution is 7.89. The number of rotatable bonds is 10. The first-order valence-electron chi connectivity index (χ1n) is 12.7. The average molecular weight is 545 g/mol. The van der Waals surface area contributed by atoms with Gasteiger partial charge in [-0.3, -0.25) is 4.90 Å². The van der Waals surface area contributed by atoms with Gasteiger partial charge in [0.25, 0.3) is 0 Å². The monoisotopic (exact) mass is 544 g/mol. The number of allylic oxidation sites excluding steroid dienone is 2. The maximum absolute atomic E-state index is 16.4. The van der Waals surface area contributed by atoms with Crippen molar-refractivity contribution in [3.8, 4) is 0 Å². The van der Waals surface area contributed by atoms with Gasteiger partial charge >= 0.3 is 5.97 Å². The lowest BCUT2D eigenvalue weighted by Crippen LogP contribution is -2.52. The van der Waals surface area contributed by atoms with E-state index in [-0.39, 0.29) is 36.5 Å². The molecule has 1 heterocycles. The van der Waals surface area contributed by atoms with E-state index in [4.69, 9.17) is 14.6 Å². The third kappa shape index (κ3) is 6.09. The molecular formula is C28H33FN2O6S. The number of carbonyl (C=O) groups is 1. The molecule has 4 rings (SSSR count). The predicted molar refractivity (Wildman–Crippen MR) is 142 cm³/mol. The van der Waals surface area contributed by atoms with E-state index in [1.165, 1.54) is 34.6 Å². The zero-order valence-corrected chi connectivity index (χ0v) is 22.4. The van der Waals surface area contributed by atoms with Crippen LogP contribution in [-0.4, -0.2) is 80.3 Å². The van der Waals surface area contributed by atoms with E-state index >= 15 is 4.39 Å². The molecule has 2 aromatic rings. The van der Waals surface area contributed by atoms with Crippen molar-refractivity contribution in [2.24, 2.45) is 0 Å². The Morgan fingerprint density at radius 2 is 1.61 bits per heavy atom. The Balaban J connectivity index is 1.48. The van der Waals surface area contributed by atoms with Gasteiger partial charge in [0.05, 0.1) is 29.2 Å². The minimum atomic E-state index is -3.79. The van der Waals surface area contributed by atoms with Gasteiger partial charge < -0.3 is 14.6 Å². The molecule has 1 fully saturated rings. The summed E-state index contributed by atoms with van der Waals surface area (Å²) in [7, 11) is -3.79. The van der Waals surface area contributed by atoms with Gasteiger partial charge in [0.2, 0.25) is 10.0 Å². The van der Waals surface area contributed by atoms with Crippen molar-refractivity contribution in [3.05, 3.63) is 83.3 Å². The molecule has 10 heteroatoms. The topological polar surface area (TPSA) is 96.4 Å². The number of alkyl halides is 1. The summed E-state index contributed by atoms with van der Waals surface area (Å²) in [6.07, 6.45) is 1.59. The molecule has 8 nitrogen and oxygen atoms in total. The Bertz CT molecular complexity index is 1300. The van der Waals surface area contributed by atoms with Crippen LogP contribution in [0.25, 0.3) is 5.57 Å². The number of halogens is 1. The first-order chi connectivity index (χ1) is 18.2. The fourth-order valence-corrected chi connectivity index (χ4v) is 6.27. The molecule has 0 spiro atoms. The molecule has 1 atom stereocenters. The van der Waals surface area contributed by atoms with Crippen molar-refractivity contribution in [1.29, 1.82) is 0 Å². The third-order valence-electron chi connectivity index (χ3n) is 6.61. The Hall–Kier alpha value is -3.21. The summed E-state index contributed by atoms with van der Waals surface area (Å²) >= 11 is 0. The van der Waals surface area contributed by atoms with Gasteiger partial charge in [-0.15, -0.1) is 0 Å². The Kier molecular flexibility index (Phi) is 8.54. The van der Waals surface area contributed by atoms with Crippen LogP contribution in [0.4, 0.5) is 4.39 Å². The molecule has 0 amide bonds. The molecule has 1 unspecified atom stereocenters. The van der Waals surface area contributed by atoms with Crippen LogP contribution < -0.4 is 0 Å². The summed E-state index contributed by atoms with van der Waals surface area (Å²) in [4.78, 5) is 13.0. The Labute approximate surface area is 223 Å². The highest BCUT2D eigenvalue weighted by Gasteiger charge is 2.40. The van der Waals surface area contributed by atoms with Gasteiger partial charge in [0.1, 0.15) is 11.5 Å². The summed E-state index contributed by atoms with van der Waals surface area (Å²) in [5, 5.41) is 9.06. The van der Waals surface area contributed by atoms with Gasteiger partial charge in [-0.2, -0.15) is 4.31 Å². The highest BCUT2D eigenvalue weighted by atomic mass is 32.2. The van der Waals surface area contributed by atoms with Crippen molar-refractivity contribution >= 4 is 21.6 Å². The summed E-state index contributed by atoms with van der Waals surface area (Å²) < 4.78 is 55.7. The van der Waals surface area contributed by atoms with E-state index in [2.05, 4.69) is 0 Å². The van der Waals surface area contributed by atoms with Crippen LogP contribution >= 0.6 is 0 Å². The van der Waals surface area contributed by atoms with Crippen molar-refractivity contribution in [2.75, 3.05) is 45.9 Å². The molecule has 204 valence electrons. The molecule has 1 aliphatic carbocycles. The lowest BCUT2D eigenvalue weighted by molar-refractivity contribution is 0.0696. The third-order valence-corrected chi connectivity index (χ3v) is 8.52. The minimum absolute atomic E-state index is 0.0184. The summed E-state index contributed by atoms with van der Waals surface area (Å²) in [6.45, 7) is 5.67. The number of nitrogens with zero attached hydrogens (tertiary/aromatic N) is 2. The highest BCUT2D eigenvalue weighted by Crippen LogP contribution is 2.41. The molecule has 0 saturated carbocycles. The first-order valence-corrected chi connectivity index (χ1v) is 14.1. The summed E-state index contributed by atoms with van der Waals surface area (Å²) in [6, 6.07) is 14.8. The smallest absolute Gasteiger partial charge is 0.335 e. The summed E-state index contributed by atoms with van der Waals surface area (Å²) in [5.41, 5.74) is -0.0776. The number of ether oxygens (including phenoxy) is 2. The van der Waals surface area contributed by atoms with E-state index in [1.807, 2.05) is 49.1 Å². The van der Waals surface area contributed by atoms with Crippen LogP contribution in [0.3, 0.4) is 0 Å². The molecule has 1 N–H and O–H groups in total. The number of aromatic carboxylic acids is 1. The Morgan fingerprint density at radius 1 is 0.974 bits per heavy atom. The fraction of sp³-hybridized carbons (Fsp3) is 0.393. The fourth-order valence-electron chi connectivity index (χ4n) is 4.85. The van der Waals surface area contributed by atoms with E-state index in [0.717, 1.165) is 11.1 Å². The SMILES string of the molecule is CCOC1=CC(F)(CN2CCN(S(=O)(=O)c3ccc(C(=O)O)cc3)CC2)CC(OCC)=C1c1ccccc1. The number of hydrogen-bond acceptors (Lipinski definition) is 6. The second-order valence-electron chi connectivity index (χ2n) is 9.26. The van der Waals surface area contributed by atoms with Crippen molar-refractivity contribution < 1.29 is 32.2 Å². The average Bonchev–Trinajstić information content (AvgIpc) is 2.89. The zero-order valence-electron chi connectivity index (χ0n) is 21.6. The first kappa shape index (κ1) is 27.8. The lowest BCUT2D eigenvalue weighted by atomic mass is 9.87. The molecule has 0 bridgehead atoms. The van der Waals surface area contributed by atoms with Gasteiger partial charge in [0.15, 0.2) is 5.67 Å². The van der Waals surface area contributed by atoms with E-state index < -0.39 is 21.7 Å². The van der Waals surface area contributed by atoms with Gasteiger partial charge in [0, 0.05) is 39.1 Å². The van der Waals surface area contributed by atoms with Crippen LogP contribution in [0.5, 0.6) is 0 Å². The lowest BCUT2D eigenvalue weighted by Gasteiger charge is -2.39. The molecular weight excluding hydrogens is 511 g/mol. The zero-order chi connectivity index (χ0) is 27.3. The van der Waals surface area contributed by atoms with Crippen LogP contribution in [0.1, 0.15) is 36.2 Å². The van der Waals surface area contributed by atoms with Crippen molar-refractivity contribution in [3.63, 3.8) is 0 Å². The molecule has 38 heavy (non-hydrogen) atoms. The van der Waals surface area contributed by atoms with Crippen molar-refractivity contribution in [1.82, 2.24) is 9.21 Å². The minimum Gasteiger partial charge on any atom is -0.497 e. The number of carboxylic acids is 1. The van der Waals surface area contributed by atoms with Crippen LogP contribution in [0.15, 0.2) is 77.1 Å². The van der Waals surface area contributed by atoms with Crippen LogP contribution in [0, 0.1) is 0 Å².